The van der Waals surface area contributed by atoms with Gasteiger partial charge >= 0.3 is 5.97 Å². The van der Waals surface area contributed by atoms with Crippen LogP contribution in [0.4, 0.5) is 0 Å². The summed E-state index contributed by atoms with van der Waals surface area (Å²) in [4.78, 5) is 10.4. The van der Waals surface area contributed by atoms with Gasteiger partial charge in [0, 0.05) is 0 Å². The number of ether oxygens (including phenoxy) is 2. The van der Waals surface area contributed by atoms with Crippen molar-refractivity contribution in [3.8, 4) is 0 Å². The first-order valence-corrected chi connectivity index (χ1v) is 5.38. The molecule has 1 rings (SSSR count). The van der Waals surface area contributed by atoms with E-state index in [1.165, 1.54) is 0 Å². The van der Waals surface area contributed by atoms with Crippen molar-refractivity contribution in [3.63, 3.8) is 0 Å². The van der Waals surface area contributed by atoms with Crippen LogP contribution in [0.3, 0.4) is 0 Å². The Hall–Kier alpha value is -1.43. The highest BCUT2D eigenvalue weighted by Crippen LogP contribution is 1.99. The van der Waals surface area contributed by atoms with E-state index in [-0.39, 0.29) is 6.61 Å². The molecule has 1 unspecified atom stereocenters. The standard InChI is InChI=1S/C12H17NO4/c13-11(12(14)15)9-17-7-6-16-8-10-4-2-1-3-5-10/h1-5,11H,6-9,13H2,(H,14,15). The molecule has 0 radical (unpaired) electrons. The van der Waals surface area contributed by atoms with E-state index in [9.17, 15) is 4.79 Å². The number of carboxylic acid groups (broad SMARTS) is 1. The summed E-state index contributed by atoms with van der Waals surface area (Å²) in [5, 5.41) is 8.50. The SMILES string of the molecule is NC(COCCOCc1ccccc1)C(=O)O. The Morgan fingerprint density at radius 3 is 2.53 bits per heavy atom. The number of hydrogen-bond donors (Lipinski definition) is 2. The third-order valence-electron chi connectivity index (χ3n) is 2.10. The second kappa shape index (κ2) is 7.78. The van der Waals surface area contributed by atoms with Crippen LogP contribution in [-0.4, -0.2) is 36.9 Å². The molecule has 0 saturated heterocycles. The zero-order chi connectivity index (χ0) is 12.5. The van der Waals surface area contributed by atoms with Gasteiger partial charge in [-0.05, 0) is 5.56 Å². The van der Waals surface area contributed by atoms with E-state index < -0.39 is 12.0 Å². The molecule has 1 atom stereocenters. The number of hydrogen-bond acceptors (Lipinski definition) is 4. The summed E-state index contributed by atoms with van der Waals surface area (Å²) < 4.78 is 10.4. The lowest BCUT2D eigenvalue weighted by Gasteiger charge is -2.08. The molecule has 0 amide bonds. The molecule has 0 aliphatic heterocycles. The Bertz CT molecular complexity index is 329. The lowest BCUT2D eigenvalue weighted by Crippen LogP contribution is -2.35. The van der Waals surface area contributed by atoms with Crippen molar-refractivity contribution in [2.24, 2.45) is 5.73 Å². The van der Waals surface area contributed by atoms with E-state index in [0.717, 1.165) is 5.56 Å². The van der Waals surface area contributed by atoms with E-state index in [4.69, 9.17) is 20.3 Å². The maximum atomic E-state index is 10.4. The molecule has 0 aliphatic rings. The van der Waals surface area contributed by atoms with Crippen LogP contribution in [-0.2, 0) is 20.9 Å². The Balaban J connectivity index is 2.00. The van der Waals surface area contributed by atoms with Crippen LogP contribution < -0.4 is 5.73 Å². The summed E-state index contributed by atoms with van der Waals surface area (Å²) in [5.41, 5.74) is 6.35. The fourth-order valence-corrected chi connectivity index (χ4v) is 1.16. The molecule has 0 aromatic heterocycles. The summed E-state index contributed by atoms with van der Waals surface area (Å²) >= 11 is 0. The lowest BCUT2D eigenvalue weighted by molar-refractivity contribution is -0.140. The summed E-state index contributed by atoms with van der Waals surface area (Å²) in [6.07, 6.45) is 0. The van der Waals surface area contributed by atoms with E-state index >= 15 is 0 Å². The van der Waals surface area contributed by atoms with Gasteiger partial charge in [-0.15, -0.1) is 0 Å². The molecule has 17 heavy (non-hydrogen) atoms. The average molecular weight is 239 g/mol. The summed E-state index contributed by atoms with van der Waals surface area (Å²) in [7, 11) is 0. The van der Waals surface area contributed by atoms with Crippen molar-refractivity contribution in [1.82, 2.24) is 0 Å². The lowest BCUT2D eigenvalue weighted by atomic mass is 10.2. The highest BCUT2D eigenvalue weighted by Gasteiger charge is 2.10. The van der Waals surface area contributed by atoms with E-state index in [0.29, 0.717) is 19.8 Å². The largest absolute Gasteiger partial charge is 0.480 e. The Morgan fingerprint density at radius 2 is 1.88 bits per heavy atom. The molecule has 0 aliphatic carbocycles. The Morgan fingerprint density at radius 1 is 1.24 bits per heavy atom. The maximum Gasteiger partial charge on any atom is 0.322 e. The zero-order valence-corrected chi connectivity index (χ0v) is 9.54. The van der Waals surface area contributed by atoms with Gasteiger partial charge in [0.1, 0.15) is 6.04 Å². The van der Waals surface area contributed by atoms with Gasteiger partial charge in [0.2, 0.25) is 0 Å². The number of nitrogens with two attached hydrogens (primary N) is 1. The predicted octanol–water partition coefficient (Wildman–Crippen LogP) is 0.632. The van der Waals surface area contributed by atoms with Crippen molar-refractivity contribution < 1.29 is 19.4 Å². The Labute approximate surface area is 100 Å². The molecule has 0 heterocycles. The van der Waals surface area contributed by atoms with Crippen LogP contribution in [0.25, 0.3) is 0 Å². The molecule has 0 bridgehead atoms. The fraction of sp³-hybridized carbons (Fsp3) is 0.417. The van der Waals surface area contributed by atoms with Crippen LogP contribution in [0, 0.1) is 0 Å². The third kappa shape index (κ3) is 6.01. The van der Waals surface area contributed by atoms with Crippen LogP contribution >= 0.6 is 0 Å². The number of carbonyl (C=O) groups is 1. The van der Waals surface area contributed by atoms with Crippen LogP contribution in [0.5, 0.6) is 0 Å². The summed E-state index contributed by atoms with van der Waals surface area (Å²) in [5.74, 6) is -1.06. The van der Waals surface area contributed by atoms with E-state index in [2.05, 4.69) is 0 Å². The average Bonchev–Trinajstić information content (AvgIpc) is 2.34. The molecule has 3 N–H and O–H groups in total. The van der Waals surface area contributed by atoms with Gasteiger partial charge < -0.3 is 20.3 Å². The molecular weight excluding hydrogens is 222 g/mol. The molecule has 1 aromatic carbocycles. The first kappa shape index (κ1) is 13.6. The summed E-state index contributed by atoms with van der Waals surface area (Å²) in [6, 6.07) is 8.81. The van der Waals surface area contributed by atoms with Crippen LogP contribution in [0.15, 0.2) is 30.3 Å². The van der Waals surface area contributed by atoms with Gasteiger partial charge in [-0.2, -0.15) is 0 Å². The van der Waals surface area contributed by atoms with Crippen molar-refractivity contribution in [1.29, 1.82) is 0 Å². The first-order chi connectivity index (χ1) is 8.20. The fourth-order valence-electron chi connectivity index (χ4n) is 1.16. The molecule has 1 aromatic rings. The van der Waals surface area contributed by atoms with Crippen LogP contribution in [0.2, 0.25) is 0 Å². The van der Waals surface area contributed by atoms with Crippen molar-refractivity contribution in [2.45, 2.75) is 12.6 Å². The molecule has 0 saturated carbocycles. The van der Waals surface area contributed by atoms with Gasteiger partial charge in [-0.1, -0.05) is 30.3 Å². The number of benzene rings is 1. The van der Waals surface area contributed by atoms with Crippen molar-refractivity contribution in [3.05, 3.63) is 35.9 Å². The van der Waals surface area contributed by atoms with Crippen molar-refractivity contribution in [2.75, 3.05) is 19.8 Å². The molecule has 0 fully saturated rings. The number of rotatable bonds is 8. The van der Waals surface area contributed by atoms with Crippen LogP contribution in [0.1, 0.15) is 5.56 Å². The molecular formula is C12H17NO4. The molecule has 5 nitrogen and oxygen atoms in total. The quantitative estimate of drug-likeness (QED) is 0.650. The smallest absolute Gasteiger partial charge is 0.322 e. The van der Waals surface area contributed by atoms with E-state index in [1.807, 2.05) is 30.3 Å². The second-order valence-electron chi connectivity index (χ2n) is 3.56. The van der Waals surface area contributed by atoms with Gasteiger partial charge in [0.15, 0.2) is 0 Å². The third-order valence-corrected chi connectivity index (χ3v) is 2.10. The minimum absolute atomic E-state index is 0.00400. The normalized spacial score (nSPS) is 12.3. The minimum Gasteiger partial charge on any atom is -0.480 e. The monoisotopic (exact) mass is 239 g/mol. The van der Waals surface area contributed by atoms with Gasteiger partial charge in [-0.25, -0.2) is 0 Å². The molecule has 5 heteroatoms. The predicted molar refractivity (Wildman–Crippen MR) is 62.5 cm³/mol. The topological polar surface area (TPSA) is 81.8 Å². The summed E-state index contributed by atoms with van der Waals surface area (Å²) in [6.45, 7) is 1.29. The minimum atomic E-state index is -1.06. The van der Waals surface area contributed by atoms with Gasteiger partial charge in [-0.3, -0.25) is 4.79 Å². The highest BCUT2D eigenvalue weighted by atomic mass is 16.5. The second-order valence-corrected chi connectivity index (χ2v) is 3.56. The van der Waals surface area contributed by atoms with E-state index in [1.54, 1.807) is 0 Å². The first-order valence-electron chi connectivity index (χ1n) is 5.38. The highest BCUT2D eigenvalue weighted by molar-refractivity contribution is 5.73. The maximum absolute atomic E-state index is 10.4. The van der Waals surface area contributed by atoms with Gasteiger partial charge in [0.05, 0.1) is 26.4 Å². The Kier molecular flexibility index (Phi) is 6.24. The number of aliphatic carboxylic acids is 1. The van der Waals surface area contributed by atoms with Crippen molar-refractivity contribution >= 4 is 5.97 Å². The zero-order valence-electron chi connectivity index (χ0n) is 9.54. The molecule has 94 valence electrons. The number of carboxylic acids is 1. The van der Waals surface area contributed by atoms with Gasteiger partial charge in [0.25, 0.3) is 0 Å². The molecule has 0 spiro atoms.